The largest absolute Gasteiger partial charge is 0.316 e. The van der Waals surface area contributed by atoms with Crippen LogP contribution in [0.1, 0.15) is 43.9 Å². The zero-order chi connectivity index (χ0) is 13.1. The summed E-state index contributed by atoms with van der Waals surface area (Å²) in [5, 5.41) is 3.50. The van der Waals surface area contributed by atoms with Gasteiger partial charge in [0.05, 0.1) is 0 Å². The molecule has 1 heteroatoms. The third-order valence-electron chi connectivity index (χ3n) is 4.26. The molecule has 0 fully saturated rings. The first-order valence-corrected chi connectivity index (χ1v) is 6.64. The molecule has 0 spiro atoms. The standard InChI is InChI=1S/C16H27N/c1-7-16(4,5)15(17-6)11-14-12(2)9-8-10-13(14)3/h8-10,15,17H,7,11H2,1-6H3. The molecule has 1 aromatic rings. The van der Waals surface area contributed by atoms with Gasteiger partial charge in [0.15, 0.2) is 0 Å². The van der Waals surface area contributed by atoms with Gasteiger partial charge in [-0.1, -0.05) is 39.0 Å². The third-order valence-corrected chi connectivity index (χ3v) is 4.26. The summed E-state index contributed by atoms with van der Waals surface area (Å²) in [5.74, 6) is 0. The van der Waals surface area contributed by atoms with E-state index in [1.807, 2.05) is 0 Å². The minimum Gasteiger partial charge on any atom is -0.316 e. The fourth-order valence-corrected chi connectivity index (χ4v) is 2.39. The summed E-state index contributed by atoms with van der Waals surface area (Å²) in [5.41, 5.74) is 4.67. The summed E-state index contributed by atoms with van der Waals surface area (Å²) >= 11 is 0. The van der Waals surface area contributed by atoms with E-state index in [1.165, 1.54) is 23.1 Å². The molecule has 0 aliphatic rings. The summed E-state index contributed by atoms with van der Waals surface area (Å²) in [6.45, 7) is 11.4. The zero-order valence-corrected chi connectivity index (χ0v) is 12.2. The van der Waals surface area contributed by atoms with Crippen LogP contribution in [-0.2, 0) is 6.42 Å². The number of nitrogens with one attached hydrogen (secondary N) is 1. The second-order valence-corrected chi connectivity index (χ2v) is 5.76. The van der Waals surface area contributed by atoms with Crippen LogP contribution in [0, 0.1) is 19.3 Å². The molecular formula is C16H27N. The van der Waals surface area contributed by atoms with Gasteiger partial charge in [-0.25, -0.2) is 0 Å². The van der Waals surface area contributed by atoms with Gasteiger partial charge < -0.3 is 5.32 Å². The highest BCUT2D eigenvalue weighted by Gasteiger charge is 2.27. The van der Waals surface area contributed by atoms with Gasteiger partial charge in [0.25, 0.3) is 0 Å². The fourth-order valence-electron chi connectivity index (χ4n) is 2.39. The molecule has 0 bridgehead atoms. The molecule has 1 nitrogen and oxygen atoms in total. The molecule has 0 saturated carbocycles. The summed E-state index contributed by atoms with van der Waals surface area (Å²) in [6.07, 6.45) is 2.32. The normalized spacial score (nSPS) is 13.8. The van der Waals surface area contributed by atoms with Crippen molar-refractivity contribution in [2.45, 2.75) is 53.5 Å². The van der Waals surface area contributed by atoms with Crippen LogP contribution in [0.5, 0.6) is 0 Å². The Morgan fingerprint density at radius 3 is 2.12 bits per heavy atom. The van der Waals surface area contributed by atoms with Crippen LogP contribution in [0.4, 0.5) is 0 Å². The molecule has 1 atom stereocenters. The average Bonchev–Trinajstić information content (AvgIpc) is 2.28. The van der Waals surface area contributed by atoms with Crippen LogP contribution in [-0.4, -0.2) is 13.1 Å². The highest BCUT2D eigenvalue weighted by atomic mass is 14.9. The Bertz CT molecular complexity index is 346. The van der Waals surface area contributed by atoms with Gasteiger partial charge in [0, 0.05) is 6.04 Å². The Hall–Kier alpha value is -0.820. The van der Waals surface area contributed by atoms with Crippen molar-refractivity contribution in [1.29, 1.82) is 0 Å². The van der Waals surface area contributed by atoms with Crippen LogP contribution in [0.15, 0.2) is 18.2 Å². The molecule has 1 unspecified atom stereocenters. The second kappa shape index (κ2) is 5.68. The van der Waals surface area contributed by atoms with E-state index >= 15 is 0 Å². The lowest BCUT2D eigenvalue weighted by Gasteiger charge is -2.34. The van der Waals surface area contributed by atoms with Crippen LogP contribution in [0.25, 0.3) is 0 Å². The number of likely N-dealkylation sites (N-methyl/N-ethyl adjacent to an activating group) is 1. The Labute approximate surface area is 107 Å². The topological polar surface area (TPSA) is 12.0 Å². The van der Waals surface area contributed by atoms with Crippen LogP contribution in [0.3, 0.4) is 0 Å². The van der Waals surface area contributed by atoms with Crippen molar-refractivity contribution in [2.24, 2.45) is 5.41 Å². The maximum atomic E-state index is 3.50. The van der Waals surface area contributed by atoms with Crippen LogP contribution < -0.4 is 5.32 Å². The Morgan fingerprint density at radius 2 is 1.71 bits per heavy atom. The zero-order valence-electron chi connectivity index (χ0n) is 12.2. The van der Waals surface area contributed by atoms with Gasteiger partial charge in [-0.2, -0.15) is 0 Å². The van der Waals surface area contributed by atoms with E-state index < -0.39 is 0 Å². The minimum absolute atomic E-state index is 0.337. The molecule has 0 radical (unpaired) electrons. The summed E-state index contributed by atoms with van der Waals surface area (Å²) in [4.78, 5) is 0. The molecule has 1 aromatic carbocycles. The molecule has 17 heavy (non-hydrogen) atoms. The Balaban J connectivity index is 2.96. The maximum absolute atomic E-state index is 3.50. The summed E-state index contributed by atoms with van der Waals surface area (Å²) in [6, 6.07) is 7.11. The highest BCUT2D eigenvalue weighted by Crippen LogP contribution is 2.28. The molecule has 1 N–H and O–H groups in total. The predicted molar refractivity (Wildman–Crippen MR) is 76.5 cm³/mol. The SMILES string of the molecule is CCC(C)(C)C(Cc1c(C)cccc1C)NC. The van der Waals surface area contributed by atoms with E-state index in [2.05, 4.69) is 65.2 Å². The number of aryl methyl sites for hydroxylation is 2. The molecule has 0 amide bonds. The van der Waals surface area contributed by atoms with Crippen molar-refractivity contribution < 1.29 is 0 Å². The van der Waals surface area contributed by atoms with Gasteiger partial charge in [0.1, 0.15) is 0 Å². The minimum atomic E-state index is 0.337. The van der Waals surface area contributed by atoms with E-state index in [0.29, 0.717) is 11.5 Å². The van der Waals surface area contributed by atoms with E-state index in [1.54, 1.807) is 0 Å². The van der Waals surface area contributed by atoms with Crippen molar-refractivity contribution in [2.75, 3.05) is 7.05 Å². The first-order valence-electron chi connectivity index (χ1n) is 6.64. The van der Waals surface area contributed by atoms with Gasteiger partial charge in [0.2, 0.25) is 0 Å². The van der Waals surface area contributed by atoms with Crippen molar-refractivity contribution in [3.05, 3.63) is 34.9 Å². The third kappa shape index (κ3) is 3.32. The first-order chi connectivity index (χ1) is 7.92. The number of hydrogen-bond acceptors (Lipinski definition) is 1. The van der Waals surface area contributed by atoms with Crippen molar-refractivity contribution in [3.8, 4) is 0 Å². The fraction of sp³-hybridized carbons (Fsp3) is 0.625. The molecule has 96 valence electrons. The van der Waals surface area contributed by atoms with Crippen LogP contribution in [0.2, 0.25) is 0 Å². The van der Waals surface area contributed by atoms with Crippen molar-refractivity contribution >= 4 is 0 Å². The Kier molecular flexibility index (Phi) is 4.76. The second-order valence-electron chi connectivity index (χ2n) is 5.76. The van der Waals surface area contributed by atoms with E-state index in [9.17, 15) is 0 Å². The average molecular weight is 233 g/mol. The monoisotopic (exact) mass is 233 g/mol. The van der Waals surface area contributed by atoms with Gasteiger partial charge in [-0.3, -0.25) is 0 Å². The summed E-state index contributed by atoms with van der Waals surface area (Å²) < 4.78 is 0. The maximum Gasteiger partial charge on any atom is 0.0156 e. The highest BCUT2D eigenvalue weighted by molar-refractivity contribution is 5.34. The van der Waals surface area contributed by atoms with E-state index in [0.717, 1.165) is 6.42 Å². The Morgan fingerprint density at radius 1 is 1.18 bits per heavy atom. The molecule has 0 aliphatic heterocycles. The lowest BCUT2D eigenvalue weighted by atomic mass is 9.78. The first kappa shape index (κ1) is 14.2. The predicted octanol–water partition coefficient (Wildman–Crippen LogP) is 3.87. The van der Waals surface area contributed by atoms with Gasteiger partial charge >= 0.3 is 0 Å². The molecule has 1 rings (SSSR count). The quantitative estimate of drug-likeness (QED) is 0.814. The molecule has 0 heterocycles. The smallest absolute Gasteiger partial charge is 0.0156 e. The van der Waals surface area contributed by atoms with Gasteiger partial charge in [-0.15, -0.1) is 0 Å². The van der Waals surface area contributed by atoms with Crippen molar-refractivity contribution in [1.82, 2.24) is 5.32 Å². The molecule has 0 saturated heterocycles. The lowest BCUT2D eigenvalue weighted by molar-refractivity contribution is 0.240. The van der Waals surface area contributed by atoms with Gasteiger partial charge in [-0.05, 0) is 55.8 Å². The molecule has 0 aliphatic carbocycles. The number of hydrogen-bond donors (Lipinski definition) is 1. The molecule has 0 aromatic heterocycles. The van der Waals surface area contributed by atoms with Crippen molar-refractivity contribution in [3.63, 3.8) is 0 Å². The number of benzene rings is 1. The van der Waals surface area contributed by atoms with E-state index in [-0.39, 0.29) is 0 Å². The summed E-state index contributed by atoms with van der Waals surface area (Å²) in [7, 11) is 2.08. The molecular weight excluding hydrogens is 206 g/mol. The lowest BCUT2D eigenvalue weighted by Crippen LogP contribution is -2.41. The van der Waals surface area contributed by atoms with Crippen LogP contribution >= 0.6 is 0 Å². The van der Waals surface area contributed by atoms with E-state index in [4.69, 9.17) is 0 Å². The number of rotatable bonds is 5.